The molecule has 0 spiro atoms. The predicted octanol–water partition coefficient (Wildman–Crippen LogP) is 3.98. The summed E-state index contributed by atoms with van der Waals surface area (Å²) in [5.74, 6) is 0.379. The van der Waals surface area contributed by atoms with Gasteiger partial charge in [0.2, 0.25) is 0 Å². The van der Waals surface area contributed by atoms with Crippen molar-refractivity contribution in [2.24, 2.45) is 5.92 Å². The van der Waals surface area contributed by atoms with Gasteiger partial charge in [-0.15, -0.1) is 0 Å². The molecule has 0 bridgehead atoms. The van der Waals surface area contributed by atoms with Crippen LogP contribution in [0.3, 0.4) is 0 Å². The fourth-order valence-corrected chi connectivity index (χ4v) is 3.69. The molecule has 2 aliphatic rings. The summed E-state index contributed by atoms with van der Waals surface area (Å²) in [4.78, 5) is 18.4. The number of aromatic nitrogens is 1. The van der Waals surface area contributed by atoms with E-state index in [0.29, 0.717) is 29.2 Å². The van der Waals surface area contributed by atoms with E-state index in [9.17, 15) is 18.0 Å². The smallest absolute Gasteiger partial charge is 0.352 e. The zero-order valence-electron chi connectivity index (χ0n) is 15.4. The Bertz CT molecular complexity index is 829. The lowest BCUT2D eigenvalue weighted by atomic mass is 10.0. The van der Waals surface area contributed by atoms with Crippen LogP contribution < -0.4 is 5.32 Å². The van der Waals surface area contributed by atoms with Gasteiger partial charge in [-0.25, -0.2) is 0 Å². The topological polar surface area (TPSA) is 45.2 Å². The molecule has 2 heterocycles. The molecule has 28 heavy (non-hydrogen) atoms. The van der Waals surface area contributed by atoms with Crippen LogP contribution in [0.1, 0.15) is 35.3 Å². The molecule has 2 aromatic rings. The molecule has 1 atom stereocenters. The van der Waals surface area contributed by atoms with Crippen LogP contribution in [-0.2, 0) is 6.18 Å². The van der Waals surface area contributed by atoms with Crippen molar-refractivity contribution in [3.8, 4) is 11.1 Å². The lowest BCUT2D eigenvalue weighted by Crippen LogP contribution is -2.31. The van der Waals surface area contributed by atoms with Gasteiger partial charge in [-0.3, -0.25) is 9.78 Å². The summed E-state index contributed by atoms with van der Waals surface area (Å²) < 4.78 is 37.8. The standard InChI is InChI=1S/C21H22F3N3O/c22-21(23,24)19-8-5-17(12-25-19)15-1-3-16(4-2-15)20(28)26-11-14-9-10-27(13-14)18-6-7-18/h1-5,8,12,14,18H,6-7,9-11,13H2,(H,26,28). The molecule has 1 saturated heterocycles. The second-order valence-corrected chi connectivity index (χ2v) is 7.60. The lowest BCUT2D eigenvalue weighted by molar-refractivity contribution is -0.141. The highest BCUT2D eigenvalue weighted by Crippen LogP contribution is 2.31. The van der Waals surface area contributed by atoms with E-state index in [4.69, 9.17) is 0 Å². The average molecular weight is 389 g/mol. The summed E-state index contributed by atoms with van der Waals surface area (Å²) in [6.07, 6.45) is 0.482. The molecule has 2 fully saturated rings. The molecule has 1 aromatic carbocycles. The van der Waals surface area contributed by atoms with Crippen molar-refractivity contribution in [2.45, 2.75) is 31.5 Å². The maximum atomic E-state index is 12.6. The number of pyridine rings is 1. The number of likely N-dealkylation sites (tertiary alicyclic amines) is 1. The highest BCUT2D eigenvalue weighted by atomic mass is 19.4. The third-order valence-corrected chi connectivity index (χ3v) is 5.47. The quantitative estimate of drug-likeness (QED) is 0.841. The number of rotatable bonds is 5. The second-order valence-electron chi connectivity index (χ2n) is 7.60. The minimum absolute atomic E-state index is 0.123. The number of hydrogen-bond donors (Lipinski definition) is 1. The van der Waals surface area contributed by atoms with Gasteiger partial charge in [0, 0.05) is 36.5 Å². The first kappa shape index (κ1) is 18.9. The van der Waals surface area contributed by atoms with Gasteiger partial charge < -0.3 is 10.2 Å². The van der Waals surface area contributed by atoms with Crippen molar-refractivity contribution < 1.29 is 18.0 Å². The van der Waals surface area contributed by atoms with E-state index in [1.165, 1.54) is 25.1 Å². The molecule has 4 nitrogen and oxygen atoms in total. The third kappa shape index (κ3) is 4.35. The number of hydrogen-bond acceptors (Lipinski definition) is 3. The third-order valence-electron chi connectivity index (χ3n) is 5.47. The number of amides is 1. The largest absolute Gasteiger partial charge is 0.433 e. The second kappa shape index (κ2) is 7.54. The SMILES string of the molecule is O=C(NCC1CCN(C2CC2)C1)c1ccc(-c2ccc(C(F)(F)F)nc2)cc1. The van der Waals surface area contributed by atoms with Crippen molar-refractivity contribution in [1.29, 1.82) is 0 Å². The summed E-state index contributed by atoms with van der Waals surface area (Å²) >= 11 is 0. The van der Waals surface area contributed by atoms with Crippen molar-refractivity contribution in [3.05, 3.63) is 53.9 Å². The van der Waals surface area contributed by atoms with E-state index in [1.54, 1.807) is 24.3 Å². The molecular formula is C21H22F3N3O. The molecule has 0 radical (unpaired) electrons. The molecule has 7 heteroatoms. The summed E-state index contributed by atoms with van der Waals surface area (Å²) in [7, 11) is 0. The van der Waals surface area contributed by atoms with E-state index in [-0.39, 0.29) is 5.91 Å². The summed E-state index contributed by atoms with van der Waals surface area (Å²) in [5.41, 5.74) is 0.916. The van der Waals surface area contributed by atoms with Gasteiger partial charge in [0.25, 0.3) is 5.91 Å². The molecule has 4 rings (SSSR count). The molecule has 1 aliphatic heterocycles. The Balaban J connectivity index is 1.33. The van der Waals surface area contributed by atoms with Crippen LogP contribution >= 0.6 is 0 Å². The Morgan fingerprint density at radius 3 is 2.39 bits per heavy atom. The molecule has 1 amide bonds. The number of nitrogens with one attached hydrogen (secondary N) is 1. The molecule has 1 unspecified atom stereocenters. The van der Waals surface area contributed by atoms with Gasteiger partial charge in [-0.1, -0.05) is 18.2 Å². The number of carbonyl (C=O) groups is 1. The monoisotopic (exact) mass is 389 g/mol. The zero-order chi connectivity index (χ0) is 19.7. The van der Waals surface area contributed by atoms with E-state index < -0.39 is 11.9 Å². The Labute approximate surface area is 161 Å². The highest BCUT2D eigenvalue weighted by molar-refractivity contribution is 5.94. The maximum Gasteiger partial charge on any atom is 0.433 e. The molecular weight excluding hydrogens is 367 g/mol. The number of carbonyl (C=O) groups excluding carboxylic acids is 1. The molecule has 148 valence electrons. The first-order chi connectivity index (χ1) is 13.4. The van der Waals surface area contributed by atoms with Crippen molar-refractivity contribution in [3.63, 3.8) is 0 Å². The van der Waals surface area contributed by atoms with E-state index >= 15 is 0 Å². The van der Waals surface area contributed by atoms with Crippen LogP contribution in [0.4, 0.5) is 13.2 Å². The first-order valence-electron chi connectivity index (χ1n) is 9.56. The normalized spacial score (nSPS) is 20.3. The summed E-state index contributed by atoms with van der Waals surface area (Å²) in [5, 5.41) is 3.00. The Morgan fingerprint density at radius 2 is 1.79 bits per heavy atom. The number of alkyl halides is 3. The van der Waals surface area contributed by atoms with Gasteiger partial charge in [0.1, 0.15) is 5.69 Å². The van der Waals surface area contributed by atoms with Gasteiger partial charge >= 0.3 is 6.18 Å². The van der Waals surface area contributed by atoms with E-state index in [0.717, 1.165) is 31.6 Å². The number of benzene rings is 1. The first-order valence-corrected chi connectivity index (χ1v) is 9.56. The van der Waals surface area contributed by atoms with Crippen LogP contribution in [0.15, 0.2) is 42.6 Å². The van der Waals surface area contributed by atoms with Crippen molar-refractivity contribution >= 4 is 5.91 Å². The minimum atomic E-state index is -4.45. The maximum absolute atomic E-state index is 12.6. The zero-order valence-corrected chi connectivity index (χ0v) is 15.4. The Kier molecular flexibility index (Phi) is 5.10. The van der Waals surface area contributed by atoms with Crippen LogP contribution in [0.2, 0.25) is 0 Å². The van der Waals surface area contributed by atoms with Gasteiger partial charge in [-0.05, 0) is 55.5 Å². The number of nitrogens with zero attached hydrogens (tertiary/aromatic N) is 2. The minimum Gasteiger partial charge on any atom is -0.352 e. The summed E-state index contributed by atoms with van der Waals surface area (Å²) in [6.45, 7) is 2.86. The Morgan fingerprint density at radius 1 is 1.07 bits per heavy atom. The van der Waals surface area contributed by atoms with Crippen LogP contribution in [0, 0.1) is 5.92 Å². The molecule has 1 aliphatic carbocycles. The van der Waals surface area contributed by atoms with Crippen molar-refractivity contribution in [1.82, 2.24) is 15.2 Å². The van der Waals surface area contributed by atoms with Crippen molar-refractivity contribution in [2.75, 3.05) is 19.6 Å². The van der Waals surface area contributed by atoms with Gasteiger partial charge in [0.05, 0.1) is 0 Å². The van der Waals surface area contributed by atoms with Crippen LogP contribution in [0.25, 0.3) is 11.1 Å². The predicted molar refractivity (Wildman–Crippen MR) is 99.7 cm³/mol. The van der Waals surface area contributed by atoms with Crippen LogP contribution in [-0.4, -0.2) is 41.5 Å². The fraction of sp³-hybridized carbons (Fsp3) is 0.429. The van der Waals surface area contributed by atoms with Gasteiger partial charge in [0.15, 0.2) is 0 Å². The van der Waals surface area contributed by atoms with E-state index in [2.05, 4.69) is 15.2 Å². The molecule has 1 aromatic heterocycles. The Hall–Kier alpha value is -2.41. The highest BCUT2D eigenvalue weighted by Gasteiger charge is 2.34. The molecule has 1 N–H and O–H groups in total. The summed E-state index contributed by atoms with van der Waals surface area (Å²) in [6, 6.07) is 9.95. The van der Waals surface area contributed by atoms with E-state index in [1.807, 2.05) is 0 Å². The lowest BCUT2D eigenvalue weighted by Gasteiger charge is -2.15. The molecule has 1 saturated carbocycles. The average Bonchev–Trinajstić information content (AvgIpc) is 3.44. The van der Waals surface area contributed by atoms with Gasteiger partial charge in [-0.2, -0.15) is 13.2 Å². The van der Waals surface area contributed by atoms with Crippen LogP contribution in [0.5, 0.6) is 0 Å². The number of halogens is 3. The fourth-order valence-electron chi connectivity index (χ4n) is 3.69.